The van der Waals surface area contributed by atoms with Gasteiger partial charge in [-0.25, -0.2) is 9.78 Å². The van der Waals surface area contributed by atoms with Gasteiger partial charge in [0.05, 0.1) is 17.9 Å². The van der Waals surface area contributed by atoms with Gasteiger partial charge in [0.15, 0.2) is 0 Å². The predicted molar refractivity (Wildman–Crippen MR) is 69.0 cm³/mol. The maximum Gasteiger partial charge on any atom is 0.337 e. The van der Waals surface area contributed by atoms with Crippen molar-refractivity contribution in [3.05, 3.63) is 47.9 Å². The van der Waals surface area contributed by atoms with E-state index >= 15 is 0 Å². The van der Waals surface area contributed by atoms with Gasteiger partial charge in [0, 0.05) is 24.5 Å². The molecule has 6 heteroatoms. The van der Waals surface area contributed by atoms with Crippen LogP contribution in [0, 0.1) is 0 Å². The van der Waals surface area contributed by atoms with Gasteiger partial charge in [-0.05, 0) is 18.2 Å². The zero-order valence-electron chi connectivity index (χ0n) is 10.1. The van der Waals surface area contributed by atoms with Crippen LogP contribution < -0.4 is 10.5 Å². The quantitative estimate of drug-likeness (QED) is 0.841. The Balaban J connectivity index is 1.95. The molecule has 0 aliphatic rings. The fraction of sp³-hybridized carbons (Fsp3) is 0.154. The molecule has 0 saturated heterocycles. The molecule has 3 N–H and O–H groups in total. The molecule has 0 saturated carbocycles. The molecule has 2 aromatic heterocycles. The van der Waals surface area contributed by atoms with Crippen LogP contribution in [0.5, 0.6) is 5.88 Å². The van der Waals surface area contributed by atoms with Crippen molar-refractivity contribution in [2.24, 2.45) is 0 Å². The standard InChI is InChI=1S/C13H13N3O3/c14-11-7-9(13(17)18)8-16-12(11)19-6-4-10-3-1-2-5-15-10/h1-3,5,7-8H,4,6,14H2,(H,17,18). The molecule has 2 heterocycles. The van der Waals surface area contributed by atoms with Gasteiger partial charge >= 0.3 is 5.97 Å². The monoisotopic (exact) mass is 259 g/mol. The third-order valence-electron chi connectivity index (χ3n) is 2.45. The average molecular weight is 259 g/mol. The summed E-state index contributed by atoms with van der Waals surface area (Å²) >= 11 is 0. The van der Waals surface area contributed by atoms with Gasteiger partial charge < -0.3 is 15.6 Å². The Kier molecular flexibility index (Phi) is 3.92. The fourth-order valence-electron chi connectivity index (χ4n) is 1.51. The minimum atomic E-state index is -1.07. The van der Waals surface area contributed by atoms with E-state index in [0.29, 0.717) is 13.0 Å². The molecule has 19 heavy (non-hydrogen) atoms. The van der Waals surface area contributed by atoms with E-state index in [2.05, 4.69) is 9.97 Å². The van der Waals surface area contributed by atoms with E-state index in [0.717, 1.165) is 5.69 Å². The van der Waals surface area contributed by atoms with Crippen molar-refractivity contribution in [3.63, 3.8) is 0 Å². The van der Waals surface area contributed by atoms with Crippen molar-refractivity contribution < 1.29 is 14.6 Å². The van der Waals surface area contributed by atoms with E-state index in [1.807, 2.05) is 18.2 Å². The summed E-state index contributed by atoms with van der Waals surface area (Å²) in [6, 6.07) is 6.96. The van der Waals surface area contributed by atoms with Crippen LogP contribution in [0.4, 0.5) is 5.69 Å². The average Bonchev–Trinajstić information content (AvgIpc) is 2.41. The molecule has 0 amide bonds. The third-order valence-corrected chi connectivity index (χ3v) is 2.45. The van der Waals surface area contributed by atoms with Gasteiger partial charge in [0.25, 0.3) is 0 Å². The first-order chi connectivity index (χ1) is 9.16. The Morgan fingerprint density at radius 1 is 1.37 bits per heavy atom. The molecule has 0 fully saturated rings. The molecule has 0 unspecified atom stereocenters. The minimum Gasteiger partial charge on any atom is -0.478 e. The summed E-state index contributed by atoms with van der Waals surface area (Å²) in [5, 5.41) is 8.78. The van der Waals surface area contributed by atoms with Crippen molar-refractivity contribution in [2.75, 3.05) is 12.3 Å². The van der Waals surface area contributed by atoms with Crippen molar-refractivity contribution in [2.45, 2.75) is 6.42 Å². The molecule has 0 aromatic carbocycles. The number of anilines is 1. The second-order valence-electron chi connectivity index (χ2n) is 3.84. The highest BCUT2D eigenvalue weighted by Gasteiger charge is 2.08. The number of aromatic carboxylic acids is 1. The lowest BCUT2D eigenvalue weighted by atomic mass is 10.2. The highest BCUT2D eigenvalue weighted by Crippen LogP contribution is 2.19. The first-order valence-electron chi connectivity index (χ1n) is 5.68. The number of carboxylic acids is 1. The lowest BCUT2D eigenvalue weighted by molar-refractivity contribution is 0.0696. The molecular weight excluding hydrogens is 246 g/mol. The van der Waals surface area contributed by atoms with E-state index in [4.69, 9.17) is 15.6 Å². The number of nitrogen functional groups attached to an aromatic ring is 1. The predicted octanol–water partition coefficient (Wildman–Crippen LogP) is 1.38. The minimum absolute atomic E-state index is 0.0366. The lowest BCUT2D eigenvalue weighted by Gasteiger charge is -2.07. The molecule has 0 bridgehead atoms. The van der Waals surface area contributed by atoms with Gasteiger partial charge in [-0.15, -0.1) is 0 Å². The number of ether oxygens (including phenoxy) is 1. The van der Waals surface area contributed by atoms with Crippen molar-refractivity contribution in [3.8, 4) is 5.88 Å². The van der Waals surface area contributed by atoms with E-state index in [1.165, 1.54) is 12.3 Å². The molecule has 0 spiro atoms. The Morgan fingerprint density at radius 3 is 2.84 bits per heavy atom. The molecule has 0 aliphatic heterocycles. The molecule has 0 atom stereocenters. The molecule has 0 radical (unpaired) electrons. The lowest BCUT2D eigenvalue weighted by Crippen LogP contribution is -2.07. The van der Waals surface area contributed by atoms with Gasteiger partial charge in [-0.2, -0.15) is 0 Å². The van der Waals surface area contributed by atoms with Gasteiger partial charge in [0.2, 0.25) is 5.88 Å². The van der Waals surface area contributed by atoms with Gasteiger partial charge in [-0.3, -0.25) is 4.98 Å². The fourth-order valence-corrected chi connectivity index (χ4v) is 1.51. The normalized spacial score (nSPS) is 10.1. The van der Waals surface area contributed by atoms with Crippen molar-refractivity contribution in [1.29, 1.82) is 0 Å². The number of carbonyl (C=O) groups is 1. The molecule has 2 rings (SSSR count). The summed E-state index contributed by atoms with van der Waals surface area (Å²) in [5.74, 6) is -0.833. The Bertz CT molecular complexity index is 573. The molecule has 98 valence electrons. The zero-order valence-corrected chi connectivity index (χ0v) is 10.1. The summed E-state index contributed by atoms with van der Waals surface area (Å²) in [6.07, 6.45) is 3.56. The van der Waals surface area contributed by atoms with E-state index in [9.17, 15) is 4.79 Å². The number of rotatable bonds is 5. The van der Waals surface area contributed by atoms with E-state index in [-0.39, 0.29) is 17.1 Å². The summed E-state index contributed by atoms with van der Waals surface area (Å²) in [4.78, 5) is 18.8. The number of nitrogens with zero attached hydrogens (tertiary/aromatic N) is 2. The highest BCUT2D eigenvalue weighted by atomic mass is 16.5. The van der Waals surface area contributed by atoms with Crippen LogP contribution in [0.15, 0.2) is 36.7 Å². The molecule has 6 nitrogen and oxygen atoms in total. The second kappa shape index (κ2) is 5.81. The van der Waals surface area contributed by atoms with Crippen LogP contribution in [-0.2, 0) is 6.42 Å². The van der Waals surface area contributed by atoms with Crippen LogP contribution >= 0.6 is 0 Å². The number of hydrogen-bond acceptors (Lipinski definition) is 5. The smallest absolute Gasteiger partial charge is 0.337 e. The van der Waals surface area contributed by atoms with Crippen molar-refractivity contribution in [1.82, 2.24) is 9.97 Å². The maximum absolute atomic E-state index is 10.7. The van der Waals surface area contributed by atoms with Crippen LogP contribution in [0.2, 0.25) is 0 Å². The largest absolute Gasteiger partial charge is 0.478 e. The van der Waals surface area contributed by atoms with Gasteiger partial charge in [-0.1, -0.05) is 6.07 Å². The summed E-state index contributed by atoms with van der Waals surface area (Å²) in [7, 11) is 0. The number of pyridine rings is 2. The maximum atomic E-state index is 10.7. The first kappa shape index (κ1) is 12.8. The number of nitrogens with two attached hydrogens (primary N) is 1. The number of carboxylic acid groups (broad SMARTS) is 1. The summed E-state index contributed by atoms with van der Waals surface area (Å²) in [6.45, 7) is 0.376. The Hall–Kier alpha value is -2.63. The Morgan fingerprint density at radius 2 is 2.21 bits per heavy atom. The highest BCUT2D eigenvalue weighted by molar-refractivity contribution is 5.88. The zero-order chi connectivity index (χ0) is 13.7. The van der Waals surface area contributed by atoms with Crippen LogP contribution in [0.1, 0.15) is 16.1 Å². The summed E-state index contributed by atoms with van der Waals surface area (Å²) in [5.41, 5.74) is 6.82. The third kappa shape index (κ3) is 3.41. The first-order valence-corrected chi connectivity index (χ1v) is 5.68. The van der Waals surface area contributed by atoms with Crippen molar-refractivity contribution >= 4 is 11.7 Å². The van der Waals surface area contributed by atoms with E-state index in [1.54, 1.807) is 6.20 Å². The molecule has 0 aliphatic carbocycles. The number of hydrogen-bond donors (Lipinski definition) is 2. The SMILES string of the molecule is Nc1cc(C(=O)O)cnc1OCCc1ccccn1. The van der Waals surface area contributed by atoms with Gasteiger partial charge in [0.1, 0.15) is 0 Å². The Labute approximate surface area is 109 Å². The molecule has 2 aromatic rings. The van der Waals surface area contributed by atoms with Crippen LogP contribution in [0.25, 0.3) is 0 Å². The van der Waals surface area contributed by atoms with E-state index < -0.39 is 5.97 Å². The van der Waals surface area contributed by atoms with Crippen LogP contribution in [0.3, 0.4) is 0 Å². The topological polar surface area (TPSA) is 98.3 Å². The number of aromatic nitrogens is 2. The summed E-state index contributed by atoms with van der Waals surface area (Å²) < 4.78 is 5.41. The molecular formula is C13H13N3O3. The van der Waals surface area contributed by atoms with Crippen LogP contribution in [-0.4, -0.2) is 27.7 Å². The second-order valence-corrected chi connectivity index (χ2v) is 3.84.